The third kappa shape index (κ3) is 4.68. The van der Waals surface area contributed by atoms with Crippen LogP contribution in [0.25, 0.3) is 11.1 Å². The van der Waals surface area contributed by atoms with Crippen LogP contribution in [0.5, 0.6) is 17.2 Å². The quantitative estimate of drug-likeness (QED) is 0.659. The zero-order valence-electron chi connectivity index (χ0n) is 17.5. The smallest absolute Gasteiger partial charge is 0.161 e. The van der Waals surface area contributed by atoms with Crippen LogP contribution < -0.4 is 14.2 Å². The van der Waals surface area contributed by atoms with Gasteiger partial charge in [0, 0.05) is 19.6 Å². The Morgan fingerprint density at radius 1 is 0.871 bits per heavy atom. The first-order chi connectivity index (χ1) is 15.2. The number of β-amino-alcohol motifs (C(OH)–C–C–N with tert-alkyl or cyclic N) is 1. The number of fused-ring (bicyclic) bond motifs is 2. The highest BCUT2D eigenvalue weighted by Gasteiger charge is 2.19. The third-order valence-electron chi connectivity index (χ3n) is 5.83. The van der Waals surface area contributed by atoms with E-state index in [4.69, 9.17) is 14.2 Å². The second-order valence-electron chi connectivity index (χ2n) is 8.10. The van der Waals surface area contributed by atoms with E-state index in [2.05, 4.69) is 29.2 Å². The second kappa shape index (κ2) is 9.00. The Morgan fingerprint density at radius 3 is 2.58 bits per heavy atom. The number of hydrogen-bond donors (Lipinski definition) is 1. The Labute approximate surface area is 182 Å². The van der Waals surface area contributed by atoms with Crippen LogP contribution in [0.2, 0.25) is 0 Å². The molecule has 0 fully saturated rings. The molecule has 5 rings (SSSR count). The van der Waals surface area contributed by atoms with Crippen molar-refractivity contribution in [2.45, 2.75) is 19.1 Å². The molecule has 3 aromatic rings. The van der Waals surface area contributed by atoms with Crippen LogP contribution in [-0.4, -0.2) is 49.0 Å². The van der Waals surface area contributed by atoms with Crippen LogP contribution in [0.4, 0.5) is 0 Å². The van der Waals surface area contributed by atoms with E-state index in [0.717, 1.165) is 47.9 Å². The average Bonchev–Trinajstić information content (AvgIpc) is 2.82. The number of ether oxygens (including phenoxy) is 3. The molecule has 2 aliphatic heterocycles. The summed E-state index contributed by atoms with van der Waals surface area (Å²) in [7, 11) is 0. The van der Waals surface area contributed by atoms with Gasteiger partial charge in [-0.1, -0.05) is 42.5 Å². The Morgan fingerprint density at radius 2 is 1.68 bits per heavy atom. The molecular weight excluding hydrogens is 390 g/mol. The lowest BCUT2D eigenvalue weighted by atomic mass is 10.00. The van der Waals surface area contributed by atoms with Crippen LogP contribution in [0.15, 0.2) is 66.7 Å². The van der Waals surface area contributed by atoms with Crippen molar-refractivity contribution < 1.29 is 19.3 Å². The molecule has 5 heteroatoms. The van der Waals surface area contributed by atoms with Gasteiger partial charge in [0.1, 0.15) is 31.7 Å². The maximum absolute atomic E-state index is 10.5. The summed E-state index contributed by atoms with van der Waals surface area (Å²) in [6.07, 6.45) is 0.490. The van der Waals surface area contributed by atoms with E-state index in [0.29, 0.717) is 19.8 Å². The molecule has 0 radical (unpaired) electrons. The minimum absolute atomic E-state index is 0.267. The highest BCUT2D eigenvalue weighted by Crippen LogP contribution is 2.35. The predicted molar refractivity (Wildman–Crippen MR) is 120 cm³/mol. The Bertz CT molecular complexity index is 1050. The number of rotatable bonds is 6. The highest BCUT2D eigenvalue weighted by molar-refractivity contribution is 5.68. The van der Waals surface area contributed by atoms with Crippen molar-refractivity contribution in [1.82, 2.24) is 4.90 Å². The van der Waals surface area contributed by atoms with E-state index < -0.39 is 6.10 Å². The SMILES string of the molecule is OC(COc1cccc(-c2ccc3c(c2)OCCO3)c1)CN1CCc2ccccc2C1. The van der Waals surface area contributed by atoms with Crippen LogP contribution in [-0.2, 0) is 13.0 Å². The molecular formula is C26H27NO4. The predicted octanol–water partition coefficient (Wildman–Crippen LogP) is 3.92. The van der Waals surface area contributed by atoms with Gasteiger partial charge in [-0.2, -0.15) is 0 Å². The van der Waals surface area contributed by atoms with Gasteiger partial charge in [-0.15, -0.1) is 0 Å². The van der Waals surface area contributed by atoms with Gasteiger partial charge in [-0.05, 0) is 52.9 Å². The Hall–Kier alpha value is -3.02. The molecule has 1 atom stereocenters. The molecule has 1 unspecified atom stereocenters. The standard InChI is InChI=1S/C26H27NO4/c28-23(17-27-11-10-19-4-1-2-5-22(19)16-27)18-31-24-7-3-6-20(14-24)21-8-9-25-26(15-21)30-13-12-29-25/h1-9,14-15,23,28H,10-13,16-18H2. The summed E-state index contributed by atoms with van der Waals surface area (Å²) in [6.45, 7) is 3.88. The number of benzene rings is 3. The molecule has 2 heterocycles. The topological polar surface area (TPSA) is 51.2 Å². The molecule has 160 valence electrons. The van der Waals surface area contributed by atoms with E-state index in [1.54, 1.807) is 0 Å². The van der Waals surface area contributed by atoms with Crippen molar-refractivity contribution in [3.8, 4) is 28.4 Å². The van der Waals surface area contributed by atoms with Crippen molar-refractivity contribution in [3.63, 3.8) is 0 Å². The first-order valence-electron chi connectivity index (χ1n) is 10.8. The van der Waals surface area contributed by atoms with E-state index >= 15 is 0 Å². The molecule has 0 saturated carbocycles. The summed E-state index contributed by atoms with van der Waals surface area (Å²) in [6, 6.07) is 22.4. The van der Waals surface area contributed by atoms with Gasteiger partial charge in [0.05, 0.1) is 0 Å². The fourth-order valence-corrected chi connectivity index (χ4v) is 4.24. The van der Waals surface area contributed by atoms with E-state index in [1.807, 2.05) is 42.5 Å². The maximum atomic E-state index is 10.5. The molecule has 0 aromatic heterocycles. The Balaban J connectivity index is 1.19. The minimum atomic E-state index is -0.539. The lowest BCUT2D eigenvalue weighted by Gasteiger charge is -2.30. The molecule has 0 amide bonds. The summed E-state index contributed by atoms with van der Waals surface area (Å²) in [4.78, 5) is 2.29. The molecule has 0 aliphatic carbocycles. The van der Waals surface area contributed by atoms with Gasteiger partial charge >= 0.3 is 0 Å². The lowest BCUT2D eigenvalue weighted by molar-refractivity contribution is 0.0638. The number of aliphatic hydroxyl groups excluding tert-OH is 1. The van der Waals surface area contributed by atoms with Gasteiger partial charge in [-0.3, -0.25) is 4.90 Å². The van der Waals surface area contributed by atoms with Gasteiger partial charge in [0.2, 0.25) is 0 Å². The highest BCUT2D eigenvalue weighted by atomic mass is 16.6. The fraction of sp³-hybridized carbons (Fsp3) is 0.308. The van der Waals surface area contributed by atoms with Crippen molar-refractivity contribution in [1.29, 1.82) is 0 Å². The normalized spacial score (nSPS) is 16.4. The monoisotopic (exact) mass is 417 g/mol. The second-order valence-corrected chi connectivity index (χ2v) is 8.10. The van der Waals surface area contributed by atoms with Gasteiger partial charge in [-0.25, -0.2) is 0 Å². The third-order valence-corrected chi connectivity index (χ3v) is 5.83. The molecule has 1 N–H and O–H groups in total. The van der Waals surface area contributed by atoms with Gasteiger partial charge < -0.3 is 19.3 Å². The van der Waals surface area contributed by atoms with Gasteiger partial charge in [0.15, 0.2) is 11.5 Å². The summed E-state index contributed by atoms with van der Waals surface area (Å²) in [5.74, 6) is 2.30. The summed E-state index contributed by atoms with van der Waals surface area (Å²) in [5, 5.41) is 10.5. The van der Waals surface area contributed by atoms with Crippen LogP contribution in [0.3, 0.4) is 0 Å². The molecule has 3 aromatic carbocycles. The first kappa shape index (κ1) is 19.9. The minimum Gasteiger partial charge on any atom is -0.491 e. The summed E-state index contributed by atoms with van der Waals surface area (Å²) < 4.78 is 17.2. The fourth-order valence-electron chi connectivity index (χ4n) is 4.24. The largest absolute Gasteiger partial charge is 0.491 e. The number of nitrogens with zero attached hydrogens (tertiary/aromatic N) is 1. The maximum Gasteiger partial charge on any atom is 0.161 e. The van der Waals surface area contributed by atoms with Crippen molar-refractivity contribution in [2.75, 3.05) is 32.9 Å². The zero-order valence-corrected chi connectivity index (χ0v) is 17.5. The summed E-state index contributed by atoms with van der Waals surface area (Å²) >= 11 is 0. The molecule has 31 heavy (non-hydrogen) atoms. The van der Waals surface area contributed by atoms with Crippen molar-refractivity contribution in [2.24, 2.45) is 0 Å². The molecule has 0 bridgehead atoms. The molecule has 0 saturated heterocycles. The first-order valence-corrected chi connectivity index (χ1v) is 10.8. The Kier molecular flexibility index (Phi) is 5.78. The average molecular weight is 418 g/mol. The number of hydrogen-bond acceptors (Lipinski definition) is 5. The zero-order chi connectivity index (χ0) is 21.0. The molecule has 2 aliphatic rings. The van der Waals surface area contributed by atoms with E-state index in [-0.39, 0.29) is 6.61 Å². The number of aliphatic hydroxyl groups is 1. The van der Waals surface area contributed by atoms with E-state index in [1.165, 1.54) is 11.1 Å². The van der Waals surface area contributed by atoms with Crippen molar-refractivity contribution >= 4 is 0 Å². The van der Waals surface area contributed by atoms with Crippen molar-refractivity contribution in [3.05, 3.63) is 77.9 Å². The van der Waals surface area contributed by atoms with Crippen LogP contribution >= 0.6 is 0 Å². The molecule has 0 spiro atoms. The van der Waals surface area contributed by atoms with Gasteiger partial charge in [0.25, 0.3) is 0 Å². The van der Waals surface area contributed by atoms with E-state index in [9.17, 15) is 5.11 Å². The van der Waals surface area contributed by atoms with Crippen LogP contribution in [0, 0.1) is 0 Å². The lowest BCUT2D eigenvalue weighted by Crippen LogP contribution is -2.38. The molecule has 5 nitrogen and oxygen atoms in total. The van der Waals surface area contributed by atoms with Crippen LogP contribution in [0.1, 0.15) is 11.1 Å². The summed E-state index contributed by atoms with van der Waals surface area (Å²) in [5.41, 5.74) is 4.85.